The molecule has 0 saturated carbocycles. The third kappa shape index (κ3) is 4.48. The van der Waals surface area contributed by atoms with Crippen molar-refractivity contribution in [3.8, 4) is 0 Å². The summed E-state index contributed by atoms with van der Waals surface area (Å²) in [5, 5.41) is 2.81. The quantitative estimate of drug-likeness (QED) is 0.452. The van der Waals surface area contributed by atoms with Crippen molar-refractivity contribution in [2.75, 3.05) is 4.90 Å². The van der Waals surface area contributed by atoms with E-state index >= 15 is 0 Å². The number of aromatic nitrogens is 1. The molecule has 2 heterocycles. The third-order valence-electron chi connectivity index (χ3n) is 5.72. The van der Waals surface area contributed by atoms with Gasteiger partial charge in [0.05, 0.1) is 50.6 Å². The van der Waals surface area contributed by atoms with Crippen LogP contribution in [0.2, 0.25) is 0 Å². The van der Waals surface area contributed by atoms with E-state index in [2.05, 4.69) is 10.3 Å². The maximum atomic E-state index is 14.5. The average molecular weight is 486 g/mol. The molecule has 0 saturated heterocycles. The van der Waals surface area contributed by atoms with E-state index < -0.39 is 22.5 Å². The van der Waals surface area contributed by atoms with E-state index in [0.29, 0.717) is 26.7 Å². The minimum Gasteiger partial charge on any atom is -0.346 e. The number of carbonyl (C=O) groups is 2. The fourth-order valence-electron chi connectivity index (χ4n) is 3.93. The number of amides is 2. The Hall–Kier alpha value is -4.17. The van der Waals surface area contributed by atoms with Crippen molar-refractivity contribution in [1.82, 2.24) is 10.3 Å². The molecule has 0 spiro atoms. The van der Waals surface area contributed by atoms with Crippen LogP contribution in [0.3, 0.4) is 0 Å². The molecule has 0 fully saturated rings. The van der Waals surface area contributed by atoms with Crippen molar-refractivity contribution in [2.24, 2.45) is 0 Å². The normalized spacial score (nSPS) is 14.6. The SMILES string of the molecule is O=C(NCc1ccccn1)c1ccc2c(c1)N(Cc1ccccc1F)C(=O)c1ccccc1S2=O. The lowest BCUT2D eigenvalue weighted by atomic mass is 10.1. The Kier molecular flexibility index (Phi) is 6.20. The predicted molar refractivity (Wildman–Crippen MR) is 130 cm³/mol. The second kappa shape index (κ2) is 9.60. The molecule has 0 aliphatic carbocycles. The summed E-state index contributed by atoms with van der Waals surface area (Å²) in [7, 11) is -1.67. The van der Waals surface area contributed by atoms with Crippen molar-refractivity contribution in [1.29, 1.82) is 0 Å². The highest BCUT2D eigenvalue weighted by Crippen LogP contribution is 2.36. The zero-order valence-corrected chi connectivity index (χ0v) is 19.3. The predicted octanol–water partition coefficient (Wildman–Crippen LogP) is 4.48. The summed E-state index contributed by atoms with van der Waals surface area (Å²) in [6, 6.07) is 23.0. The van der Waals surface area contributed by atoms with Crippen LogP contribution in [0, 0.1) is 5.82 Å². The number of nitrogens with zero attached hydrogens (tertiary/aromatic N) is 2. The minimum absolute atomic E-state index is 0.0803. The molecule has 1 N–H and O–H groups in total. The number of pyridine rings is 1. The maximum Gasteiger partial charge on any atom is 0.259 e. The second-order valence-electron chi connectivity index (χ2n) is 7.93. The summed E-state index contributed by atoms with van der Waals surface area (Å²) in [5.74, 6) is -1.24. The number of anilines is 1. The van der Waals surface area contributed by atoms with Crippen molar-refractivity contribution >= 4 is 28.3 Å². The first kappa shape index (κ1) is 22.6. The first-order chi connectivity index (χ1) is 17.0. The van der Waals surface area contributed by atoms with Gasteiger partial charge in [-0.25, -0.2) is 8.60 Å². The van der Waals surface area contributed by atoms with Crippen LogP contribution in [0.25, 0.3) is 0 Å². The molecule has 2 amide bonds. The highest BCUT2D eigenvalue weighted by atomic mass is 32.2. The molecule has 1 aliphatic heterocycles. The summed E-state index contributed by atoms with van der Waals surface area (Å²) in [4.78, 5) is 32.9. The molecule has 1 atom stereocenters. The van der Waals surface area contributed by atoms with Gasteiger partial charge >= 0.3 is 0 Å². The molecule has 1 unspecified atom stereocenters. The van der Waals surface area contributed by atoms with E-state index in [1.165, 1.54) is 17.0 Å². The van der Waals surface area contributed by atoms with Crippen LogP contribution in [0.4, 0.5) is 10.1 Å². The minimum atomic E-state index is -1.67. The summed E-state index contributed by atoms with van der Waals surface area (Å²) in [5.41, 5.74) is 1.87. The van der Waals surface area contributed by atoms with Crippen LogP contribution in [0.1, 0.15) is 32.0 Å². The Bertz CT molecular complexity index is 1460. The third-order valence-corrected chi connectivity index (χ3v) is 7.22. The molecular formula is C27H20FN3O3S. The first-order valence-corrected chi connectivity index (χ1v) is 12.1. The highest BCUT2D eigenvalue weighted by Gasteiger charge is 2.32. The molecule has 5 rings (SSSR count). The van der Waals surface area contributed by atoms with Gasteiger partial charge in [0, 0.05) is 17.3 Å². The largest absolute Gasteiger partial charge is 0.346 e. The second-order valence-corrected chi connectivity index (χ2v) is 9.35. The zero-order valence-electron chi connectivity index (χ0n) is 18.5. The molecule has 8 heteroatoms. The molecule has 4 aromatic rings. The van der Waals surface area contributed by atoms with Crippen molar-refractivity contribution < 1.29 is 18.2 Å². The Morgan fingerprint density at radius 3 is 2.51 bits per heavy atom. The lowest BCUT2D eigenvalue weighted by Gasteiger charge is -2.24. The van der Waals surface area contributed by atoms with Gasteiger partial charge in [-0.15, -0.1) is 0 Å². The lowest BCUT2D eigenvalue weighted by molar-refractivity contribution is 0.0947. The molecule has 1 aromatic heterocycles. The van der Waals surface area contributed by atoms with Gasteiger partial charge in [-0.05, 0) is 48.5 Å². The summed E-state index contributed by atoms with van der Waals surface area (Å²) in [6.45, 7) is 0.148. The smallest absolute Gasteiger partial charge is 0.259 e. The van der Waals surface area contributed by atoms with Gasteiger partial charge in [-0.3, -0.25) is 14.6 Å². The van der Waals surface area contributed by atoms with Gasteiger partial charge < -0.3 is 10.2 Å². The Morgan fingerprint density at radius 2 is 1.71 bits per heavy atom. The number of carbonyl (C=O) groups excluding carboxylic acids is 2. The van der Waals surface area contributed by atoms with Gasteiger partial charge in [0.2, 0.25) is 0 Å². The topological polar surface area (TPSA) is 79.4 Å². The average Bonchev–Trinajstić information content (AvgIpc) is 2.98. The molecule has 0 bridgehead atoms. The fourth-order valence-corrected chi connectivity index (χ4v) is 5.28. The number of benzene rings is 3. The zero-order chi connectivity index (χ0) is 24.4. The van der Waals surface area contributed by atoms with E-state index in [0.717, 1.165) is 0 Å². The Balaban J connectivity index is 1.56. The van der Waals surface area contributed by atoms with E-state index in [1.807, 2.05) is 6.07 Å². The van der Waals surface area contributed by atoms with E-state index in [9.17, 15) is 18.2 Å². The van der Waals surface area contributed by atoms with E-state index in [4.69, 9.17) is 0 Å². The van der Waals surface area contributed by atoms with Crippen LogP contribution in [0.5, 0.6) is 0 Å². The number of hydrogen-bond donors (Lipinski definition) is 1. The van der Waals surface area contributed by atoms with Gasteiger partial charge in [0.25, 0.3) is 11.8 Å². The maximum absolute atomic E-state index is 14.5. The number of halogens is 1. The van der Waals surface area contributed by atoms with Crippen LogP contribution in [-0.2, 0) is 23.9 Å². The van der Waals surface area contributed by atoms with Crippen LogP contribution < -0.4 is 10.2 Å². The number of rotatable bonds is 5. The molecule has 35 heavy (non-hydrogen) atoms. The van der Waals surface area contributed by atoms with Crippen LogP contribution in [-0.4, -0.2) is 21.0 Å². The van der Waals surface area contributed by atoms with Gasteiger partial charge in [-0.1, -0.05) is 36.4 Å². The van der Waals surface area contributed by atoms with E-state index in [-0.39, 0.29) is 30.1 Å². The Morgan fingerprint density at radius 1 is 0.943 bits per heavy atom. The Labute approximate surface area is 203 Å². The van der Waals surface area contributed by atoms with Crippen LogP contribution in [0.15, 0.2) is 101 Å². The molecule has 174 valence electrons. The number of nitrogens with one attached hydrogen (secondary N) is 1. The van der Waals surface area contributed by atoms with Gasteiger partial charge in [0.1, 0.15) is 5.82 Å². The molecular weight excluding hydrogens is 465 g/mol. The first-order valence-electron chi connectivity index (χ1n) is 10.9. The van der Waals surface area contributed by atoms with Crippen molar-refractivity contribution in [2.45, 2.75) is 22.9 Å². The van der Waals surface area contributed by atoms with Crippen molar-refractivity contribution in [3.63, 3.8) is 0 Å². The monoisotopic (exact) mass is 485 g/mol. The number of hydrogen-bond acceptors (Lipinski definition) is 4. The lowest BCUT2D eigenvalue weighted by Crippen LogP contribution is -2.31. The van der Waals surface area contributed by atoms with Crippen molar-refractivity contribution in [3.05, 3.63) is 119 Å². The fraction of sp³-hybridized carbons (Fsp3) is 0.0741. The summed E-state index contributed by atoms with van der Waals surface area (Å²) in [6.07, 6.45) is 1.64. The van der Waals surface area contributed by atoms with Gasteiger partial charge in [0.15, 0.2) is 0 Å². The van der Waals surface area contributed by atoms with Gasteiger partial charge in [-0.2, -0.15) is 0 Å². The summed E-state index contributed by atoms with van der Waals surface area (Å²) < 4.78 is 28.0. The van der Waals surface area contributed by atoms with E-state index in [1.54, 1.807) is 72.9 Å². The molecule has 1 aliphatic rings. The standard InChI is InChI=1S/C27H20FN3O3S/c28-22-10-3-1-7-19(22)17-31-23-15-18(26(32)30-16-20-8-5-6-14-29-20)12-13-25(23)35(34)24-11-4-2-9-21(24)27(31)33/h1-15H,16-17H2,(H,30,32). The summed E-state index contributed by atoms with van der Waals surface area (Å²) >= 11 is 0. The molecule has 0 radical (unpaired) electrons. The molecule has 3 aromatic carbocycles. The molecule has 6 nitrogen and oxygen atoms in total. The number of fused-ring (bicyclic) bond motifs is 2. The highest BCUT2D eigenvalue weighted by molar-refractivity contribution is 7.85. The van der Waals surface area contributed by atoms with Crippen LogP contribution >= 0.6 is 0 Å².